The molecule has 0 aromatic heterocycles. The van der Waals surface area contributed by atoms with E-state index >= 15 is 0 Å². The van der Waals surface area contributed by atoms with Gasteiger partial charge in [0.15, 0.2) is 0 Å². The minimum atomic E-state index is 0.531. The van der Waals surface area contributed by atoms with E-state index in [0.29, 0.717) is 12.1 Å². The topological polar surface area (TPSA) is 18.5 Å². The molecule has 0 bridgehead atoms. The van der Waals surface area contributed by atoms with Crippen molar-refractivity contribution >= 4 is 11.8 Å². The molecule has 0 aliphatic heterocycles. The lowest BCUT2D eigenvalue weighted by Gasteiger charge is -2.26. The summed E-state index contributed by atoms with van der Waals surface area (Å²) in [6.45, 7) is 13.7. The van der Waals surface area contributed by atoms with Crippen molar-refractivity contribution in [3.05, 3.63) is 30.3 Å². The summed E-state index contributed by atoms with van der Waals surface area (Å²) in [4.78, 5) is 6.27. The van der Waals surface area contributed by atoms with Crippen LogP contribution in [-0.2, 0) is 0 Å². The van der Waals surface area contributed by atoms with Crippen LogP contribution in [0.4, 0.5) is 0 Å². The summed E-state index contributed by atoms with van der Waals surface area (Å²) >= 11 is 1.96. The van der Waals surface area contributed by atoms with Gasteiger partial charge in [-0.25, -0.2) is 0 Å². The highest BCUT2D eigenvalue weighted by molar-refractivity contribution is 7.99. The van der Waals surface area contributed by atoms with Gasteiger partial charge in [0.25, 0.3) is 0 Å². The molecule has 1 atom stereocenters. The zero-order valence-electron chi connectivity index (χ0n) is 17.2. The molecule has 0 radical (unpaired) electrons. The van der Waals surface area contributed by atoms with Gasteiger partial charge in [0.05, 0.1) is 0 Å². The van der Waals surface area contributed by atoms with Gasteiger partial charge in [-0.2, -0.15) is 0 Å². The first kappa shape index (κ1) is 22.5. The molecule has 4 heteroatoms. The lowest BCUT2D eigenvalue weighted by molar-refractivity contribution is 0.233. The van der Waals surface area contributed by atoms with Crippen LogP contribution in [0.5, 0.6) is 0 Å². The molecule has 25 heavy (non-hydrogen) atoms. The Morgan fingerprint density at radius 3 is 2.16 bits per heavy atom. The molecule has 0 aliphatic rings. The Balaban J connectivity index is 2.33. The number of hydrogen-bond acceptors (Lipinski definition) is 4. The van der Waals surface area contributed by atoms with Crippen molar-refractivity contribution in [2.75, 3.05) is 46.0 Å². The predicted molar refractivity (Wildman–Crippen MR) is 114 cm³/mol. The van der Waals surface area contributed by atoms with Gasteiger partial charge in [-0.3, -0.25) is 0 Å². The summed E-state index contributed by atoms with van der Waals surface area (Å²) < 4.78 is 0. The Labute approximate surface area is 160 Å². The van der Waals surface area contributed by atoms with Gasteiger partial charge in [0.1, 0.15) is 0 Å². The molecule has 3 nitrogen and oxygen atoms in total. The van der Waals surface area contributed by atoms with Crippen LogP contribution < -0.4 is 5.32 Å². The minimum absolute atomic E-state index is 0.531. The Hall–Kier alpha value is -0.550. The molecule has 0 unspecified atom stereocenters. The maximum absolute atomic E-state index is 3.74. The van der Waals surface area contributed by atoms with Gasteiger partial charge >= 0.3 is 0 Å². The van der Waals surface area contributed by atoms with Crippen LogP contribution in [0.3, 0.4) is 0 Å². The van der Waals surface area contributed by atoms with Crippen LogP contribution in [0.1, 0.15) is 34.1 Å². The largest absolute Gasteiger partial charge is 0.311 e. The summed E-state index contributed by atoms with van der Waals surface area (Å²) in [6, 6.07) is 11.8. The van der Waals surface area contributed by atoms with E-state index in [1.165, 1.54) is 17.9 Å². The number of hydrogen-bond donors (Lipinski definition) is 1. The SMILES string of the molecule is CC(C)CN(C)CCN(C)CC[C@H](CSc1ccccc1)NC(C)C. The fraction of sp³-hybridized carbons (Fsp3) is 0.714. The van der Waals surface area contributed by atoms with E-state index in [4.69, 9.17) is 0 Å². The molecule has 0 saturated heterocycles. The lowest BCUT2D eigenvalue weighted by Crippen LogP contribution is -2.40. The highest BCUT2D eigenvalue weighted by atomic mass is 32.2. The maximum Gasteiger partial charge on any atom is 0.0176 e. The van der Waals surface area contributed by atoms with Crippen molar-refractivity contribution in [1.29, 1.82) is 0 Å². The molecule has 0 fully saturated rings. The standard InChI is InChI=1S/C21H39N3S/c1-18(2)16-24(6)15-14-23(5)13-12-20(22-19(3)4)17-25-21-10-8-7-9-11-21/h7-11,18-20,22H,12-17H2,1-6H3/t20-/m1/s1. The van der Waals surface area contributed by atoms with Gasteiger partial charge in [-0.05, 0) is 45.1 Å². The number of nitrogens with one attached hydrogen (secondary N) is 1. The molecule has 0 heterocycles. The number of likely N-dealkylation sites (N-methyl/N-ethyl adjacent to an activating group) is 2. The molecule has 1 aromatic carbocycles. The van der Waals surface area contributed by atoms with Gasteiger partial charge in [0.2, 0.25) is 0 Å². The fourth-order valence-corrected chi connectivity index (χ4v) is 3.95. The van der Waals surface area contributed by atoms with Gasteiger partial charge in [0, 0.05) is 42.4 Å². The second-order valence-corrected chi connectivity index (χ2v) is 8.98. The molecule has 1 rings (SSSR count). The normalized spacial score (nSPS) is 13.4. The van der Waals surface area contributed by atoms with E-state index < -0.39 is 0 Å². The smallest absolute Gasteiger partial charge is 0.0176 e. The van der Waals surface area contributed by atoms with Crippen LogP contribution in [0.15, 0.2) is 35.2 Å². The molecule has 144 valence electrons. The van der Waals surface area contributed by atoms with Gasteiger partial charge in [-0.1, -0.05) is 45.9 Å². The van der Waals surface area contributed by atoms with Crippen LogP contribution in [-0.4, -0.2) is 67.9 Å². The van der Waals surface area contributed by atoms with Crippen molar-refractivity contribution in [2.24, 2.45) is 5.92 Å². The quantitative estimate of drug-likeness (QED) is 0.531. The zero-order valence-corrected chi connectivity index (χ0v) is 18.0. The van der Waals surface area contributed by atoms with E-state index in [1.54, 1.807) is 0 Å². The summed E-state index contributed by atoms with van der Waals surface area (Å²) in [7, 11) is 4.48. The average molecular weight is 366 g/mol. The molecule has 0 amide bonds. The average Bonchev–Trinajstić information content (AvgIpc) is 2.55. The van der Waals surface area contributed by atoms with E-state index in [0.717, 1.165) is 31.3 Å². The molecule has 0 aliphatic carbocycles. The van der Waals surface area contributed by atoms with E-state index in [2.05, 4.69) is 87.2 Å². The van der Waals surface area contributed by atoms with E-state index in [-0.39, 0.29) is 0 Å². The third kappa shape index (κ3) is 11.6. The third-order valence-electron chi connectivity index (χ3n) is 4.16. The molecule has 0 spiro atoms. The summed E-state index contributed by atoms with van der Waals surface area (Å²) in [5.41, 5.74) is 0. The first-order chi connectivity index (χ1) is 11.9. The second kappa shape index (κ2) is 12.7. The van der Waals surface area contributed by atoms with Gasteiger partial charge < -0.3 is 15.1 Å². The number of nitrogens with zero attached hydrogens (tertiary/aromatic N) is 2. The molecular formula is C21H39N3S. The maximum atomic E-state index is 3.74. The van der Waals surface area contributed by atoms with Crippen molar-refractivity contribution < 1.29 is 0 Å². The van der Waals surface area contributed by atoms with E-state index in [1.807, 2.05) is 11.8 Å². The highest BCUT2D eigenvalue weighted by Gasteiger charge is 2.12. The molecule has 0 saturated carbocycles. The first-order valence-corrected chi connectivity index (χ1v) is 10.7. The Kier molecular flexibility index (Phi) is 11.5. The van der Waals surface area contributed by atoms with Crippen LogP contribution in [0.25, 0.3) is 0 Å². The fourth-order valence-electron chi connectivity index (χ4n) is 2.94. The summed E-state index contributed by atoms with van der Waals surface area (Å²) in [5.74, 6) is 1.87. The number of thioether (sulfide) groups is 1. The molecule has 1 N–H and O–H groups in total. The van der Waals surface area contributed by atoms with Gasteiger partial charge in [-0.15, -0.1) is 11.8 Å². The number of rotatable bonds is 13. The Morgan fingerprint density at radius 1 is 0.920 bits per heavy atom. The predicted octanol–water partition coefficient (Wildman–Crippen LogP) is 4.06. The lowest BCUT2D eigenvalue weighted by atomic mass is 10.2. The zero-order chi connectivity index (χ0) is 18.7. The van der Waals surface area contributed by atoms with Crippen LogP contribution in [0, 0.1) is 5.92 Å². The molecule has 1 aromatic rings. The van der Waals surface area contributed by atoms with Crippen LogP contribution in [0.2, 0.25) is 0 Å². The third-order valence-corrected chi connectivity index (χ3v) is 5.34. The summed E-state index contributed by atoms with van der Waals surface area (Å²) in [5, 5.41) is 3.74. The van der Waals surface area contributed by atoms with Crippen LogP contribution >= 0.6 is 11.8 Å². The molecular weight excluding hydrogens is 326 g/mol. The second-order valence-electron chi connectivity index (χ2n) is 7.89. The van der Waals surface area contributed by atoms with Crippen molar-refractivity contribution in [3.63, 3.8) is 0 Å². The highest BCUT2D eigenvalue weighted by Crippen LogP contribution is 2.19. The first-order valence-electron chi connectivity index (χ1n) is 9.67. The minimum Gasteiger partial charge on any atom is -0.311 e. The van der Waals surface area contributed by atoms with Crippen molar-refractivity contribution in [1.82, 2.24) is 15.1 Å². The van der Waals surface area contributed by atoms with E-state index in [9.17, 15) is 0 Å². The number of benzene rings is 1. The summed E-state index contributed by atoms with van der Waals surface area (Å²) in [6.07, 6.45) is 1.20. The van der Waals surface area contributed by atoms with Crippen molar-refractivity contribution in [2.45, 2.75) is 51.1 Å². The van der Waals surface area contributed by atoms with Crippen molar-refractivity contribution in [3.8, 4) is 0 Å². The Bertz CT molecular complexity index is 436. The monoisotopic (exact) mass is 365 g/mol. The Morgan fingerprint density at radius 2 is 1.56 bits per heavy atom.